The van der Waals surface area contributed by atoms with Gasteiger partial charge in [-0.15, -0.1) is 5.10 Å². The van der Waals surface area contributed by atoms with Crippen molar-refractivity contribution in [2.75, 3.05) is 12.3 Å². The summed E-state index contributed by atoms with van der Waals surface area (Å²) >= 11 is 1.26. The molecule has 0 bridgehead atoms. The highest BCUT2D eigenvalue weighted by Gasteiger charge is 2.01. The van der Waals surface area contributed by atoms with Gasteiger partial charge in [0.1, 0.15) is 0 Å². The van der Waals surface area contributed by atoms with Crippen molar-refractivity contribution in [3.8, 4) is 5.19 Å². The normalized spacial score (nSPS) is 10.5. The fourth-order valence-corrected chi connectivity index (χ4v) is 0.986. The van der Waals surface area contributed by atoms with Crippen LogP contribution in [0.4, 0.5) is 5.13 Å². The number of hydrogen-bond donors (Lipinski definition) is 1. The third-order valence-corrected chi connectivity index (χ3v) is 1.63. The van der Waals surface area contributed by atoms with Crippen molar-refractivity contribution in [1.82, 2.24) is 10.2 Å². The second-order valence-corrected chi connectivity index (χ2v) is 3.58. The molecule has 0 radical (unpaired) electrons. The average molecular weight is 173 g/mol. The first-order chi connectivity index (χ1) is 5.18. The van der Waals surface area contributed by atoms with Gasteiger partial charge in [-0.3, -0.25) is 0 Å². The minimum absolute atomic E-state index is 0.448. The third kappa shape index (κ3) is 2.71. The van der Waals surface area contributed by atoms with Crippen molar-refractivity contribution in [2.24, 2.45) is 5.92 Å². The number of nitrogen functional groups attached to an aromatic ring is 1. The topological polar surface area (TPSA) is 61.0 Å². The zero-order valence-corrected chi connectivity index (χ0v) is 7.39. The van der Waals surface area contributed by atoms with Crippen LogP contribution in [-0.2, 0) is 0 Å². The number of aromatic nitrogens is 2. The molecule has 0 aliphatic carbocycles. The van der Waals surface area contributed by atoms with Crippen LogP contribution in [0, 0.1) is 5.92 Å². The van der Waals surface area contributed by atoms with Gasteiger partial charge < -0.3 is 10.5 Å². The number of nitrogens with zero attached hydrogens (tertiary/aromatic N) is 2. The zero-order valence-electron chi connectivity index (χ0n) is 6.57. The number of hydrogen-bond acceptors (Lipinski definition) is 5. The zero-order chi connectivity index (χ0) is 8.27. The van der Waals surface area contributed by atoms with E-state index in [0.717, 1.165) is 0 Å². The largest absolute Gasteiger partial charge is 0.469 e. The Bertz CT molecular complexity index is 223. The molecule has 62 valence electrons. The van der Waals surface area contributed by atoms with Gasteiger partial charge in [-0.05, 0) is 17.3 Å². The van der Waals surface area contributed by atoms with Crippen LogP contribution in [0.5, 0.6) is 5.19 Å². The Hall–Kier alpha value is -0.840. The van der Waals surface area contributed by atoms with Crippen LogP contribution in [0.1, 0.15) is 13.8 Å². The van der Waals surface area contributed by atoms with E-state index < -0.39 is 0 Å². The molecule has 1 heterocycles. The van der Waals surface area contributed by atoms with Crippen LogP contribution < -0.4 is 10.5 Å². The third-order valence-electron chi connectivity index (χ3n) is 0.962. The second-order valence-electron chi connectivity index (χ2n) is 2.61. The minimum Gasteiger partial charge on any atom is -0.469 e. The summed E-state index contributed by atoms with van der Waals surface area (Å²) < 4.78 is 5.25. The summed E-state index contributed by atoms with van der Waals surface area (Å²) in [7, 11) is 0. The lowest BCUT2D eigenvalue weighted by Gasteiger charge is -2.02. The molecule has 5 heteroatoms. The molecule has 1 aromatic rings. The van der Waals surface area contributed by atoms with Gasteiger partial charge >= 0.3 is 0 Å². The molecule has 4 nitrogen and oxygen atoms in total. The predicted molar refractivity (Wildman–Crippen MR) is 44.7 cm³/mol. The molecular formula is C6H11N3OS. The Morgan fingerprint density at radius 1 is 1.55 bits per heavy atom. The molecule has 0 saturated carbocycles. The minimum atomic E-state index is 0.448. The molecule has 0 fully saturated rings. The monoisotopic (exact) mass is 173 g/mol. The fraction of sp³-hybridized carbons (Fsp3) is 0.667. The van der Waals surface area contributed by atoms with E-state index >= 15 is 0 Å². The summed E-state index contributed by atoms with van der Waals surface area (Å²) in [6.07, 6.45) is 0. The van der Waals surface area contributed by atoms with Crippen LogP contribution in [0.25, 0.3) is 0 Å². The highest BCUT2D eigenvalue weighted by atomic mass is 32.1. The maximum atomic E-state index is 5.35. The number of anilines is 1. The lowest BCUT2D eigenvalue weighted by Crippen LogP contribution is -2.03. The van der Waals surface area contributed by atoms with Gasteiger partial charge in [-0.25, -0.2) is 0 Å². The summed E-state index contributed by atoms with van der Waals surface area (Å²) in [6.45, 7) is 4.81. The van der Waals surface area contributed by atoms with E-state index in [4.69, 9.17) is 10.5 Å². The van der Waals surface area contributed by atoms with Gasteiger partial charge in [0.25, 0.3) is 5.19 Å². The van der Waals surface area contributed by atoms with Crippen LogP contribution in [-0.4, -0.2) is 16.8 Å². The maximum Gasteiger partial charge on any atom is 0.295 e. The van der Waals surface area contributed by atoms with Crippen molar-refractivity contribution in [3.63, 3.8) is 0 Å². The van der Waals surface area contributed by atoms with Gasteiger partial charge in [-0.1, -0.05) is 18.9 Å². The molecule has 0 aliphatic heterocycles. The highest BCUT2D eigenvalue weighted by molar-refractivity contribution is 7.16. The number of ether oxygens (including phenoxy) is 1. The van der Waals surface area contributed by atoms with E-state index in [1.54, 1.807) is 0 Å². The number of nitrogens with two attached hydrogens (primary N) is 1. The van der Waals surface area contributed by atoms with E-state index in [0.29, 0.717) is 22.9 Å². The first-order valence-electron chi connectivity index (χ1n) is 3.40. The highest BCUT2D eigenvalue weighted by Crippen LogP contribution is 2.19. The van der Waals surface area contributed by atoms with Gasteiger partial charge in [0.2, 0.25) is 5.13 Å². The molecule has 1 rings (SSSR count). The Balaban J connectivity index is 2.39. The lowest BCUT2D eigenvalue weighted by atomic mass is 10.2. The van der Waals surface area contributed by atoms with Gasteiger partial charge in [0, 0.05) is 0 Å². The molecule has 2 N–H and O–H groups in total. The summed E-state index contributed by atoms with van der Waals surface area (Å²) in [4.78, 5) is 0. The molecule has 0 spiro atoms. The van der Waals surface area contributed by atoms with Crippen molar-refractivity contribution < 1.29 is 4.74 Å². The van der Waals surface area contributed by atoms with E-state index in [2.05, 4.69) is 24.0 Å². The Kier molecular flexibility index (Phi) is 2.64. The van der Waals surface area contributed by atoms with Crippen molar-refractivity contribution in [3.05, 3.63) is 0 Å². The maximum absolute atomic E-state index is 5.35. The quantitative estimate of drug-likeness (QED) is 0.745. The Morgan fingerprint density at radius 2 is 2.27 bits per heavy atom. The van der Waals surface area contributed by atoms with Crippen molar-refractivity contribution in [2.45, 2.75) is 13.8 Å². The molecule has 1 aromatic heterocycles. The van der Waals surface area contributed by atoms with Crippen molar-refractivity contribution >= 4 is 16.5 Å². The smallest absolute Gasteiger partial charge is 0.295 e. The second kappa shape index (κ2) is 3.52. The van der Waals surface area contributed by atoms with E-state index in [1.165, 1.54) is 11.3 Å². The molecule has 0 amide bonds. The molecule has 0 atom stereocenters. The van der Waals surface area contributed by atoms with Gasteiger partial charge in [0.15, 0.2) is 0 Å². The summed E-state index contributed by atoms with van der Waals surface area (Å²) in [5, 5.41) is 8.32. The number of rotatable bonds is 3. The summed E-state index contributed by atoms with van der Waals surface area (Å²) in [6, 6.07) is 0. The first-order valence-corrected chi connectivity index (χ1v) is 4.22. The summed E-state index contributed by atoms with van der Waals surface area (Å²) in [5.41, 5.74) is 5.35. The van der Waals surface area contributed by atoms with Crippen LogP contribution >= 0.6 is 11.3 Å². The molecule has 0 aromatic carbocycles. The Morgan fingerprint density at radius 3 is 2.73 bits per heavy atom. The van der Waals surface area contributed by atoms with E-state index in [9.17, 15) is 0 Å². The van der Waals surface area contributed by atoms with E-state index in [1.807, 2.05) is 0 Å². The predicted octanol–water partition coefficient (Wildman–Crippen LogP) is 1.16. The van der Waals surface area contributed by atoms with Gasteiger partial charge in [-0.2, -0.15) is 0 Å². The molecular weight excluding hydrogens is 162 g/mol. The van der Waals surface area contributed by atoms with Crippen LogP contribution in [0.15, 0.2) is 0 Å². The average Bonchev–Trinajstić information content (AvgIpc) is 2.31. The molecule has 0 saturated heterocycles. The Labute approximate surface area is 69.4 Å². The SMILES string of the molecule is CC(C)COc1nnc(N)s1. The first kappa shape index (κ1) is 8.26. The molecule has 0 unspecified atom stereocenters. The van der Waals surface area contributed by atoms with Gasteiger partial charge in [0.05, 0.1) is 6.61 Å². The molecule has 11 heavy (non-hydrogen) atoms. The van der Waals surface area contributed by atoms with Crippen LogP contribution in [0.2, 0.25) is 0 Å². The van der Waals surface area contributed by atoms with Crippen molar-refractivity contribution in [1.29, 1.82) is 0 Å². The fourth-order valence-electron chi connectivity index (χ4n) is 0.517. The van der Waals surface area contributed by atoms with Crippen LogP contribution in [0.3, 0.4) is 0 Å². The standard InChI is InChI=1S/C6H11N3OS/c1-4(2)3-10-6-9-8-5(7)11-6/h4H,3H2,1-2H3,(H2,7,8). The summed E-state index contributed by atoms with van der Waals surface area (Å²) in [5.74, 6) is 0.500. The molecule has 0 aliphatic rings. The lowest BCUT2D eigenvalue weighted by molar-refractivity contribution is 0.268. The van der Waals surface area contributed by atoms with E-state index in [-0.39, 0.29) is 0 Å².